The molecule has 0 bridgehead atoms. The lowest BCUT2D eigenvalue weighted by molar-refractivity contribution is 0.0763. The lowest BCUT2D eigenvalue weighted by Crippen LogP contribution is -2.29. The number of nitrogens with two attached hydrogens (primary N) is 1. The first-order valence-corrected chi connectivity index (χ1v) is 5.22. The molecule has 0 aliphatic rings. The van der Waals surface area contributed by atoms with Crippen LogP contribution in [0.4, 0.5) is 0 Å². The Morgan fingerprint density at radius 1 is 1.50 bits per heavy atom. The lowest BCUT2D eigenvalue weighted by Gasteiger charge is -2.11. The second-order valence-corrected chi connectivity index (χ2v) is 3.82. The number of benzene rings is 1. The monoisotopic (exact) mass is 263 g/mol. The van der Waals surface area contributed by atoms with Crippen LogP contribution < -0.4 is 10.5 Å². The van der Waals surface area contributed by atoms with Crippen LogP contribution in [0.2, 0.25) is 10.0 Å². The minimum Gasteiger partial charge on any atom is -0.495 e. The highest BCUT2D eigenvalue weighted by molar-refractivity contribution is 6.44. The van der Waals surface area contributed by atoms with E-state index in [0.29, 0.717) is 5.75 Å². The van der Waals surface area contributed by atoms with Crippen LogP contribution in [-0.4, -0.2) is 30.6 Å². The van der Waals surface area contributed by atoms with Crippen LogP contribution >= 0.6 is 23.2 Å². The number of halogens is 2. The summed E-state index contributed by atoms with van der Waals surface area (Å²) in [5.41, 5.74) is 5.31. The first-order valence-electron chi connectivity index (χ1n) is 4.47. The van der Waals surface area contributed by atoms with Gasteiger partial charge in [-0.05, 0) is 12.1 Å². The third-order valence-corrected chi connectivity index (χ3v) is 2.92. The number of carbonyl (C=O) groups excluding carboxylic acids is 1. The van der Waals surface area contributed by atoms with E-state index in [1.807, 2.05) is 0 Å². The lowest BCUT2D eigenvalue weighted by atomic mass is 10.1. The van der Waals surface area contributed by atoms with Crippen LogP contribution in [0.3, 0.4) is 0 Å². The zero-order chi connectivity index (χ0) is 12.3. The quantitative estimate of drug-likeness (QED) is 0.808. The molecule has 1 unspecified atom stereocenters. The molecule has 3 N–H and O–H groups in total. The van der Waals surface area contributed by atoms with Crippen molar-refractivity contribution in [1.82, 2.24) is 0 Å². The maximum Gasteiger partial charge on any atom is 0.194 e. The molecule has 0 radical (unpaired) electrons. The van der Waals surface area contributed by atoms with E-state index < -0.39 is 11.9 Å². The molecule has 1 rings (SSSR count). The average molecular weight is 264 g/mol. The Morgan fingerprint density at radius 3 is 2.62 bits per heavy atom. The number of hydrogen-bond donors (Lipinski definition) is 2. The maximum atomic E-state index is 11.6. The normalized spacial score (nSPS) is 12.3. The molecule has 1 atom stereocenters. The van der Waals surface area contributed by atoms with Gasteiger partial charge in [-0.15, -0.1) is 0 Å². The van der Waals surface area contributed by atoms with Crippen molar-refractivity contribution < 1.29 is 14.6 Å². The fourth-order valence-electron chi connectivity index (χ4n) is 1.17. The van der Waals surface area contributed by atoms with E-state index in [-0.39, 0.29) is 22.2 Å². The van der Waals surface area contributed by atoms with Crippen molar-refractivity contribution in [2.75, 3.05) is 13.7 Å². The largest absolute Gasteiger partial charge is 0.495 e. The van der Waals surface area contributed by atoms with Crippen molar-refractivity contribution in [3.05, 3.63) is 27.7 Å². The Balaban J connectivity index is 3.17. The minimum atomic E-state index is -1.28. The second kappa shape index (κ2) is 5.50. The fraction of sp³-hybridized carbons (Fsp3) is 0.300. The number of ketones is 1. The summed E-state index contributed by atoms with van der Waals surface area (Å²) in [6.07, 6.45) is -1.28. The summed E-state index contributed by atoms with van der Waals surface area (Å²) in [7, 11) is 1.44. The zero-order valence-corrected chi connectivity index (χ0v) is 10.0. The molecule has 0 saturated carbocycles. The van der Waals surface area contributed by atoms with Crippen molar-refractivity contribution >= 4 is 29.0 Å². The Morgan fingerprint density at radius 2 is 2.12 bits per heavy atom. The number of aliphatic hydroxyl groups excluding tert-OH is 1. The number of Topliss-reactive ketones (excluding diaryl/α,β-unsaturated/α-hetero) is 1. The predicted octanol–water partition coefficient (Wildman–Crippen LogP) is 1.50. The number of methoxy groups -OCH3 is 1. The molecule has 0 aliphatic carbocycles. The fourth-order valence-corrected chi connectivity index (χ4v) is 1.66. The molecule has 0 heterocycles. The van der Waals surface area contributed by atoms with E-state index in [4.69, 9.17) is 33.7 Å². The first-order chi connectivity index (χ1) is 7.52. The third kappa shape index (κ3) is 2.47. The van der Waals surface area contributed by atoms with Crippen molar-refractivity contribution in [3.63, 3.8) is 0 Å². The highest BCUT2D eigenvalue weighted by Crippen LogP contribution is 2.34. The van der Waals surface area contributed by atoms with Gasteiger partial charge in [0.2, 0.25) is 0 Å². The number of aliphatic hydroxyl groups is 1. The molecular formula is C10H11Cl2NO3. The molecule has 88 valence electrons. The number of ether oxygens (including phenoxy) is 1. The van der Waals surface area contributed by atoms with E-state index >= 15 is 0 Å². The second-order valence-electron chi connectivity index (χ2n) is 3.06. The van der Waals surface area contributed by atoms with E-state index in [9.17, 15) is 9.90 Å². The molecule has 0 saturated heterocycles. The standard InChI is InChI=1S/C10H11Cl2NO3/c1-16-7-3-2-5(8(11)9(7)12)10(15)6(14)4-13/h2-3,6,14H,4,13H2,1H3. The van der Waals surface area contributed by atoms with Crippen LogP contribution in [0.15, 0.2) is 12.1 Å². The Bertz CT molecular complexity index is 409. The third-order valence-electron chi connectivity index (χ3n) is 2.06. The number of rotatable bonds is 4. The topological polar surface area (TPSA) is 72.5 Å². The smallest absolute Gasteiger partial charge is 0.194 e. The van der Waals surface area contributed by atoms with Gasteiger partial charge in [0, 0.05) is 12.1 Å². The molecule has 0 aromatic heterocycles. The highest BCUT2D eigenvalue weighted by Gasteiger charge is 2.21. The molecule has 1 aromatic rings. The first kappa shape index (κ1) is 13.3. The van der Waals surface area contributed by atoms with Crippen molar-refractivity contribution in [2.45, 2.75) is 6.10 Å². The van der Waals surface area contributed by atoms with Crippen LogP contribution in [0.1, 0.15) is 10.4 Å². The molecule has 16 heavy (non-hydrogen) atoms. The molecular weight excluding hydrogens is 253 g/mol. The Labute approximate surface area is 103 Å². The summed E-state index contributed by atoms with van der Waals surface area (Å²) >= 11 is 11.8. The summed E-state index contributed by atoms with van der Waals surface area (Å²) in [5.74, 6) is -0.192. The molecule has 4 nitrogen and oxygen atoms in total. The van der Waals surface area contributed by atoms with Crippen LogP contribution in [-0.2, 0) is 0 Å². The van der Waals surface area contributed by atoms with Gasteiger partial charge in [0.25, 0.3) is 0 Å². The molecule has 0 amide bonds. The van der Waals surface area contributed by atoms with Crippen LogP contribution in [0, 0.1) is 0 Å². The van der Waals surface area contributed by atoms with Crippen molar-refractivity contribution in [2.24, 2.45) is 5.73 Å². The summed E-state index contributed by atoms with van der Waals surface area (Å²) < 4.78 is 4.93. The highest BCUT2D eigenvalue weighted by atomic mass is 35.5. The van der Waals surface area contributed by atoms with E-state index in [0.717, 1.165) is 0 Å². The van der Waals surface area contributed by atoms with Gasteiger partial charge >= 0.3 is 0 Å². The summed E-state index contributed by atoms with van der Waals surface area (Å²) in [5, 5.41) is 9.51. The van der Waals surface area contributed by atoms with Crippen LogP contribution in [0.5, 0.6) is 5.75 Å². The van der Waals surface area contributed by atoms with Gasteiger partial charge in [-0.2, -0.15) is 0 Å². The van der Waals surface area contributed by atoms with Crippen molar-refractivity contribution in [1.29, 1.82) is 0 Å². The van der Waals surface area contributed by atoms with E-state index in [2.05, 4.69) is 0 Å². The average Bonchev–Trinajstić information content (AvgIpc) is 2.30. The van der Waals surface area contributed by atoms with Crippen LogP contribution in [0.25, 0.3) is 0 Å². The summed E-state index contributed by atoms with van der Waals surface area (Å²) in [6, 6.07) is 2.94. The van der Waals surface area contributed by atoms with Gasteiger partial charge in [0.05, 0.1) is 12.1 Å². The Hall–Kier alpha value is -0.810. The van der Waals surface area contributed by atoms with Gasteiger partial charge in [-0.3, -0.25) is 4.79 Å². The molecule has 6 heteroatoms. The van der Waals surface area contributed by atoms with E-state index in [1.165, 1.54) is 19.2 Å². The van der Waals surface area contributed by atoms with Crippen molar-refractivity contribution in [3.8, 4) is 5.75 Å². The SMILES string of the molecule is COc1ccc(C(=O)C(O)CN)c(Cl)c1Cl. The Kier molecular flexibility index (Phi) is 4.56. The predicted molar refractivity (Wildman–Crippen MR) is 62.4 cm³/mol. The molecule has 0 aliphatic heterocycles. The molecule has 1 aromatic carbocycles. The summed E-state index contributed by atoms with van der Waals surface area (Å²) in [4.78, 5) is 11.6. The number of hydrogen-bond acceptors (Lipinski definition) is 4. The van der Waals surface area contributed by atoms with Gasteiger partial charge < -0.3 is 15.6 Å². The van der Waals surface area contributed by atoms with Gasteiger partial charge in [0.15, 0.2) is 5.78 Å². The zero-order valence-electron chi connectivity index (χ0n) is 8.54. The number of carbonyl (C=O) groups is 1. The van der Waals surface area contributed by atoms with Gasteiger partial charge in [0.1, 0.15) is 16.9 Å². The van der Waals surface area contributed by atoms with Gasteiger partial charge in [-0.1, -0.05) is 23.2 Å². The molecule has 0 fully saturated rings. The summed E-state index contributed by atoms with van der Waals surface area (Å²) in [6.45, 7) is -0.168. The van der Waals surface area contributed by atoms with E-state index in [1.54, 1.807) is 0 Å². The van der Waals surface area contributed by atoms with Gasteiger partial charge in [-0.25, -0.2) is 0 Å². The maximum absolute atomic E-state index is 11.6. The molecule has 0 spiro atoms. The minimum absolute atomic E-state index is 0.0542.